The van der Waals surface area contributed by atoms with Crippen LogP contribution in [0.25, 0.3) is 0 Å². The van der Waals surface area contributed by atoms with Gasteiger partial charge in [0.05, 0.1) is 56.8 Å². The van der Waals surface area contributed by atoms with Crippen molar-refractivity contribution >= 4 is 23.7 Å². The van der Waals surface area contributed by atoms with Crippen molar-refractivity contribution in [3.8, 4) is 0 Å². The Balaban J connectivity index is 1.08. The van der Waals surface area contributed by atoms with E-state index in [1.54, 1.807) is 0 Å². The first kappa shape index (κ1) is 33.6. The molecule has 4 aliphatic rings. The molecule has 0 spiro atoms. The van der Waals surface area contributed by atoms with Gasteiger partial charge in [0.1, 0.15) is 24.4 Å². The summed E-state index contributed by atoms with van der Waals surface area (Å²) in [4.78, 5) is 23.6. The first-order chi connectivity index (χ1) is 20.2. The van der Waals surface area contributed by atoms with Gasteiger partial charge < -0.3 is 65.2 Å². The summed E-state index contributed by atoms with van der Waals surface area (Å²) in [5.41, 5.74) is 0. The molecule has 42 heavy (non-hydrogen) atoms. The Labute approximate surface area is 248 Å². The van der Waals surface area contributed by atoms with Crippen LogP contribution in [0.15, 0.2) is 0 Å². The minimum Gasteiger partial charge on any atom is -0.394 e. The number of carbonyl (C=O) groups excluding carboxylic acids is 2. The van der Waals surface area contributed by atoms with E-state index >= 15 is 0 Å². The third kappa shape index (κ3) is 8.88. The molecule has 0 bridgehead atoms. The van der Waals surface area contributed by atoms with Gasteiger partial charge in [0.15, 0.2) is 12.6 Å². The monoisotopic (exact) mass is 623 g/mol. The molecule has 4 saturated heterocycles. The van der Waals surface area contributed by atoms with Gasteiger partial charge in [-0.05, 0) is 19.8 Å². The Bertz CT molecular complexity index is 876. The highest BCUT2D eigenvalue weighted by Crippen LogP contribution is 2.33. The van der Waals surface area contributed by atoms with E-state index in [9.17, 15) is 35.1 Å². The minimum absolute atomic E-state index is 0.0478. The van der Waals surface area contributed by atoms with Gasteiger partial charge in [0, 0.05) is 30.4 Å². The second kappa shape index (κ2) is 16.1. The van der Waals surface area contributed by atoms with Gasteiger partial charge >= 0.3 is 6.03 Å². The molecule has 0 saturated carbocycles. The number of hydrogen-bond acceptors (Lipinski definition) is 13. The van der Waals surface area contributed by atoms with Crippen LogP contribution in [0.2, 0.25) is 0 Å². The van der Waals surface area contributed by atoms with Crippen molar-refractivity contribution in [3.63, 3.8) is 0 Å². The molecule has 0 radical (unpaired) electrons. The van der Waals surface area contributed by atoms with E-state index in [0.717, 1.165) is 25.0 Å². The van der Waals surface area contributed by atoms with E-state index in [1.165, 1.54) is 6.92 Å². The molecular weight excluding hydrogens is 578 g/mol. The highest BCUT2D eigenvalue weighted by molar-refractivity contribution is 8.00. The van der Waals surface area contributed by atoms with Gasteiger partial charge in [0.2, 0.25) is 5.91 Å². The predicted octanol–water partition coefficient (Wildman–Crippen LogP) is -2.46. The van der Waals surface area contributed by atoms with Gasteiger partial charge in [-0.1, -0.05) is 6.42 Å². The molecule has 4 fully saturated rings. The lowest BCUT2D eigenvalue weighted by Crippen LogP contribution is -2.61. The summed E-state index contributed by atoms with van der Waals surface area (Å²) in [5.74, 6) is 0.865. The number of rotatable bonds is 15. The second-order valence-electron chi connectivity index (χ2n) is 11.1. The molecule has 3 amide bonds. The van der Waals surface area contributed by atoms with Crippen LogP contribution in [0.3, 0.4) is 0 Å². The maximum atomic E-state index is 12.1. The van der Waals surface area contributed by atoms with E-state index < -0.39 is 55.3 Å². The van der Waals surface area contributed by atoms with Crippen molar-refractivity contribution in [2.75, 3.05) is 38.7 Å². The number of nitrogens with one attached hydrogen (secondary N) is 3. The average Bonchev–Trinajstić information content (AvgIpc) is 3.52. The maximum absolute atomic E-state index is 12.1. The molecular formula is C26H45N3O12S. The molecule has 4 aliphatic heterocycles. The molecule has 15 nitrogen and oxygen atoms in total. The Morgan fingerprint density at radius 2 is 1.86 bits per heavy atom. The first-order valence-corrected chi connectivity index (χ1v) is 15.7. The predicted molar refractivity (Wildman–Crippen MR) is 147 cm³/mol. The maximum Gasteiger partial charge on any atom is 0.315 e. The number of ether oxygens (including phenoxy) is 5. The van der Waals surface area contributed by atoms with Crippen LogP contribution in [0, 0.1) is 0 Å². The SMILES string of the molecule is CC1O[C@@H](OC2C(O)CC(CO)O[C@H]2OCCOCCNC(=O)CCCC[C@@H]2SCC3NC(=O)NC32)C(O)C(O)[C@@H]1O. The lowest BCUT2D eigenvalue weighted by Gasteiger charge is -2.44. The summed E-state index contributed by atoms with van der Waals surface area (Å²) in [6.07, 6.45) is -7.49. The first-order valence-electron chi connectivity index (χ1n) is 14.6. The normalized spacial score (nSPS) is 39.9. The number of aliphatic hydroxyl groups excluding tert-OH is 5. The molecule has 0 aromatic rings. The number of thioether (sulfide) groups is 1. The van der Waals surface area contributed by atoms with E-state index in [2.05, 4.69) is 16.0 Å². The fourth-order valence-corrected chi connectivity index (χ4v) is 7.09. The highest BCUT2D eigenvalue weighted by atomic mass is 32.2. The summed E-state index contributed by atoms with van der Waals surface area (Å²) in [7, 11) is 0. The average molecular weight is 624 g/mol. The van der Waals surface area contributed by atoms with Crippen molar-refractivity contribution < 1.29 is 58.8 Å². The lowest BCUT2D eigenvalue weighted by molar-refractivity contribution is -0.353. The van der Waals surface area contributed by atoms with Crippen molar-refractivity contribution in [1.29, 1.82) is 0 Å². The summed E-state index contributed by atoms with van der Waals surface area (Å²) in [5, 5.41) is 59.5. The van der Waals surface area contributed by atoms with Crippen molar-refractivity contribution in [3.05, 3.63) is 0 Å². The number of amides is 3. The Morgan fingerprint density at radius 3 is 2.64 bits per heavy atom. The molecule has 0 aromatic heterocycles. The number of hydrogen-bond donors (Lipinski definition) is 8. The zero-order valence-corrected chi connectivity index (χ0v) is 24.5. The number of aliphatic hydroxyl groups is 5. The topological polar surface area (TPSA) is 218 Å². The standard InChI is InChI=1S/C26H45N3O12S/c1-13-20(33)21(34)22(35)24(39-13)41-23-16(31)10-14(11-30)40-25(23)38-9-8-37-7-6-27-18(32)5-3-2-4-17-19-15(12-42-17)28-26(36)29-19/h13-17,19-25,30-31,33-35H,2-12H2,1H3,(H,27,32)(H2,28,29,36)/t13?,14?,15?,16?,17-,19?,20+,21?,22?,23?,24-,25+/m0/s1. The van der Waals surface area contributed by atoms with Gasteiger partial charge in [-0.15, -0.1) is 0 Å². The number of unbranched alkanes of at least 4 members (excludes halogenated alkanes) is 1. The van der Waals surface area contributed by atoms with Gasteiger partial charge in [-0.25, -0.2) is 4.79 Å². The third-order valence-electron chi connectivity index (χ3n) is 7.94. The van der Waals surface area contributed by atoms with E-state index in [1.807, 2.05) is 11.8 Å². The minimum atomic E-state index is -1.56. The zero-order chi connectivity index (χ0) is 30.2. The third-order valence-corrected chi connectivity index (χ3v) is 9.45. The van der Waals surface area contributed by atoms with Crippen molar-refractivity contribution in [2.24, 2.45) is 0 Å². The summed E-state index contributed by atoms with van der Waals surface area (Å²) in [6, 6.07) is 0.283. The van der Waals surface area contributed by atoms with Crippen molar-refractivity contribution in [1.82, 2.24) is 16.0 Å². The largest absolute Gasteiger partial charge is 0.394 e. The van der Waals surface area contributed by atoms with Gasteiger partial charge in [0.25, 0.3) is 0 Å². The molecule has 16 heteroatoms. The Morgan fingerprint density at radius 1 is 1.05 bits per heavy atom. The Hall–Kier alpha value is -1.31. The van der Waals surface area contributed by atoms with Crippen LogP contribution >= 0.6 is 11.8 Å². The van der Waals surface area contributed by atoms with Crippen LogP contribution < -0.4 is 16.0 Å². The van der Waals surface area contributed by atoms with E-state index in [0.29, 0.717) is 18.2 Å². The molecule has 4 heterocycles. The van der Waals surface area contributed by atoms with Crippen LogP contribution in [-0.4, -0.2) is 149 Å². The van der Waals surface area contributed by atoms with Gasteiger partial charge in [-0.2, -0.15) is 11.8 Å². The van der Waals surface area contributed by atoms with Crippen molar-refractivity contribution in [2.45, 2.75) is 112 Å². The molecule has 242 valence electrons. The molecule has 8 N–H and O–H groups in total. The van der Waals surface area contributed by atoms with Crippen LogP contribution in [0.4, 0.5) is 4.79 Å². The fourth-order valence-electron chi connectivity index (χ4n) is 5.55. The molecule has 0 aliphatic carbocycles. The summed E-state index contributed by atoms with van der Waals surface area (Å²) in [6.45, 7) is 1.96. The molecule has 8 unspecified atom stereocenters. The van der Waals surface area contributed by atoms with Crippen LogP contribution in [0.5, 0.6) is 0 Å². The molecule has 4 rings (SSSR count). The lowest BCUT2D eigenvalue weighted by atomic mass is 9.99. The van der Waals surface area contributed by atoms with E-state index in [-0.39, 0.29) is 56.9 Å². The molecule has 12 atom stereocenters. The second-order valence-corrected chi connectivity index (χ2v) is 12.4. The van der Waals surface area contributed by atoms with Gasteiger partial charge in [-0.3, -0.25) is 4.79 Å². The van der Waals surface area contributed by atoms with Crippen LogP contribution in [-0.2, 0) is 28.5 Å². The zero-order valence-electron chi connectivity index (χ0n) is 23.7. The molecule has 0 aromatic carbocycles. The Kier molecular flexibility index (Phi) is 12.9. The van der Waals surface area contributed by atoms with E-state index in [4.69, 9.17) is 23.7 Å². The number of urea groups is 1. The summed E-state index contributed by atoms with van der Waals surface area (Å²) < 4.78 is 28.1. The quantitative estimate of drug-likeness (QED) is 0.0702. The van der Waals surface area contributed by atoms with Crippen LogP contribution in [0.1, 0.15) is 39.0 Å². The summed E-state index contributed by atoms with van der Waals surface area (Å²) >= 11 is 1.86. The fraction of sp³-hybridized carbons (Fsp3) is 0.923. The highest BCUT2D eigenvalue weighted by Gasteiger charge is 2.47. The number of fused-ring (bicyclic) bond motifs is 1. The number of carbonyl (C=O) groups is 2. The smallest absolute Gasteiger partial charge is 0.315 e.